The van der Waals surface area contributed by atoms with Gasteiger partial charge in [0.25, 0.3) is 0 Å². The maximum absolute atomic E-state index is 12.1. The Morgan fingerprint density at radius 1 is 1.02 bits per heavy atom. The van der Waals surface area contributed by atoms with Crippen LogP contribution in [0.5, 0.6) is 5.75 Å². The van der Waals surface area contributed by atoms with Crippen LogP contribution in [0, 0.1) is 6.92 Å². The second kappa shape index (κ2) is 21.1. The van der Waals surface area contributed by atoms with Gasteiger partial charge in [-0.05, 0) is 86.9 Å². The number of para-hydroxylation sites is 1. The third kappa shape index (κ3) is 16.1. The van der Waals surface area contributed by atoms with Gasteiger partial charge in [0.2, 0.25) is 5.91 Å². The fraction of sp³-hybridized carbons (Fsp3) is 0.606. The van der Waals surface area contributed by atoms with E-state index in [1.165, 1.54) is 61.2 Å². The zero-order chi connectivity index (χ0) is 32.3. The molecule has 0 saturated carbocycles. The summed E-state index contributed by atoms with van der Waals surface area (Å²) in [5.74, 6) is -0.186. The van der Waals surface area contributed by atoms with Gasteiger partial charge in [0.1, 0.15) is 5.75 Å². The predicted octanol–water partition coefficient (Wildman–Crippen LogP) is 6.75. The molecule has 7 nitrogen and oxygen atoms in total. The minimum Gasteiger partial charge on any atom is -0.406 e. The molecule has 0 radical (unpaired) electrons. The average molecular weight is 613 g/mol. The topological polar surface area (TPSA) is 80.3 Å². The van der Waals surface area contributed by atoms with Gasteiger partial charge in [0.05, 0.1) is 18.6 Å². The molecule has 2 aromatic rings. The molecule has 2 atom stereocenters. The molecule has 1 aliphatic heterocycles. The van der Waals surface area contributed by atoms with Crippen molar-refractivity contribution < 1.29 is 37.3 Å². The zero-order valence-electron chi connectivity index (χ0n) is 26.6. The lowest BCUT2D eigenvalue weighted by Crippen LogP contribution is -2.33. The molecule has 2 aromatic carbocycles. The lowest BCUT2D eigenvalue weighted by Gasteiger charge is -2.29. The number of hydrogen-bond donors (Lipinski definition) is 2. The van der Waals surface area contributed by atoms with Crippen LogP contribution in [0.25, 0.3) is 0 Å². The minimum absolute atomic E-state index is 0.0374. The quantitative estimate of drug-likeness (QED) is 0.360. The first-order valence-corrected chi connectivity index (χ1v) is 14.9. The number of alkyl halides is 3. The van der Waals surface area contributed by atoms with E-state index in [-0.39, 0.29) is 24.1 Å². The summed E-state index contributed by atoms with van der Waals surface area (Å²) in [6.45, 7) is 6.94. The summed E-state index contributed by atoms with van der Waals surface area (Å²) in [5, 5.41) is 12.8. The molecule has 10 heteroatoms. The van der Waals surface area contributed by atoms with Gasteiger partial charge in [-0.25, -0.2) is 0 Å². The van der Waals surface area contributed by atoms with Crippen molar-refractivity contribution in [2.45, 2.75) is 90.3 Å². The summed E-state index contributed by atoms with van der Waals surface area (Å²) < 4.78 is 47.3. The summed E-state index contributed by atoms with van der Waals surface area (Å²) in [6, 6.07) is 12.9. The molecular formula is C33H51F3N2O5. The third-order valence-corrected chi connectivity index (χ3v) is 6.92. The highest BCUT2D eigenvalue weighted by Gasteiger charge is 2.31. The van der Waals surface area contributed by atoms with Gasteiger partial charge in [0.15, 0.2) is 0 Å². The highest BCUT2D eigenvalue weighted by atomic mass is 19.4. The number of fused-ring (bicyclic) bond motifs is 1. The van der Waals surface area contributed by atoms with E-state index < -0.39 is 12.5 Å². The van der Waals surface area contributed by atoms with Gasteiger partial charge in [-0.15, -0.1) is 13.2 Å². The molecule has 43 heavy (non-hydrogen) atoms. The van der Waals surface area contributed by atoms with Gasteiger partial charge in [0, 0.05) is 35.0 Å². The van der Waals surface area contributed by atoms with Crippen molar-refractivity contribution in [3.8, 4) is 5.75 Å². The van der Waals surface area contributed by atoms with Crippen molar-refractivity contribution in [1.82, 2.24) is 10.2 Å². The lowest BCUT2D eigenvalue weighted by molar-refractivity contribution is -0.274. The first-order chi connectivity index (χ1) is 20.5. The number of aliphatic hydroxyl groups is 1. The van der Waals surface area contributed by atoms with Crippen molar-refractivity contribution in [3.63, 3.8) is 0 Å². The molecule has 4 rings (SSSR count). The third-order valence-electron chi connectivity index (χ3n) is 6.92. The van der Waals surface area contributed by atoms with E-state index in [0.29, 0.717) is 12.0 Å². The number of carbonyl (C=O) groups excluding carboxylic acids is 1. The van der Waals surface area contributed by atoms with Crippen LogP contribution >= 0.6 is 0 Å². The van der Waals surface area contributed by atoms with Crippen molar-refractivity contribution in [3.05, 3.63) is 64.7 Å². The molecule has 1 amide bonds. The zero-order valence-corrected chi connectivity index (χ0v) is 26.6. The highest BCUT2D eigenvalue weighted by molar-refractivity contribution is 5.77. The summed E-state index contributed by atoms with van der Waals surface area (Å²) >= 11 is 0. The standard InChI is InChI=1S/C21H32N2O2.C8H7F3O.2C2H6O/c1-2-18(24)14-21(25)22-20-8-6-7-17-13-16(9-10-19(17)20)15-23-11-4-3-5-12-23;1-6-4-2-3-5-7(6)12-8(9,10)11;2*1-3-2/h9-10,13,18,20,24H,2-8,11-12,14-15H2,1H3,(H,22,25);2-5H,1H3;2*1-2H3. The van der Waals surface area contributed by atoms with Crippen LogP contribution in [-0.4, -0.2) is 69.9 Å². The monoisotopic (exact) mass is 612 g/mol. The summed E-state index contributed by atoms with van der Waals surface area (Å²) in [6.07, 6.45) is 2.91. The van der Waals surface area contributed by atoms with E-state index in [9.17, 15) is 23.1 Å². The molecule has 2 N–H and O–H groups in total. The SMILES string of the molecule is CCC(O)CC(=O)NC1CCCc2cc(CN3CCCCC3)ccc21.COC.COC.Cc1ccccc1OC(F)(F)F. The number of nitrogens with zero attached hydrogens (tertiary/aromatic N) is 1. The Morgan fingerprint density at radius 2 is 1.65 bits per heavy atom. The van der Waals surface area contributed by atoms with E-state index in [0.717, 1.165) is 25.8 Å². The summed E-state index contributed by atoms with van der Waals surface area (Å²) in [4.78, 5) is 14.7. The Balaban J connectivity index is 0.000000427. The summed E-state index contributed by atoms with van der Waals surface area (Å²) in [7, 11) is 6.50. The molecule has 0 spiro atoms. The maximum atomic E-state index is 12.1. The number of halogens is 3. The van der Waals surface area contributed by atoms with Crippen LogP contribution in [-0.2, 0) is 27.2 Å². The molecule has 2 aliphatic rings. The fourth-order valence-electron chi connectivity index (χ4n) is 4.90. The van der Waals surface area contributed by atoms with E-state index in [1.807, 2.05) is 6.92 Å². The number of carbonyl (C=O) groups is 1. The summed E-state index contributed by atoms with van der Waals surface area (Å²) in [5.41, 5.74) is 4.53. The highest BCUT2D eigenvalue weighted by Crippen LogP contribution is 2.31. The number of likely N-dealkylation sites (tertiary alicyclic amines) is 1. The number of methoxy groups -OCH3 is 2. The van der Waals surface area contributed by atoms with Gasteiger partial charge >= 0.3 is 6.36 Å². The Morgan fingerprint density at radius 3 is 2.23 bits per heavy atom. The van der Waals surface area contributed by atoms with Crippen LogP contribution in [0.4, 0.5) is 13.2 Å². The van der Waals surface area contributed by atoms with Crippen LogP contribution in [0.3, 0.4) is 0 Å². The molecule has 1 fully saturated rings. The number of ether oxygens (including phenoxy) is 3. The number of hydrogen-bond acceptors (Lipinski definition) is 6. The van der Waals surface area contributed by atoms with E-state index in [1.54, 1.807) is 47.5 Å². The number of aryl methyl sites for hydroxylation is 2. The van der Waals surface area contributed by atoms with Gasteiger partial charge in [-0.1, -0.05) is 49.7 Å². The number of amides is 1. The first-order valence-electron chi connectivity index (χ1n) is 14.9. The van der Waals surface area contributed by atoms with Crippen LogP contribution in [0.2, 0.25) is 0 Å². The van der Waals surface area contributed by atoms with Crippen LogP contribution in [0.1, 0.15) is 80.2 Å². The average Bonchev–Trinajstić information content (AvgIpc) is 2.95. The van der Waals surface area contributed by atoms with E-state index >= 15 is 0 Å². The van der Waals surface area contributed by atoms with Crippen LogP contribution < -0.4 is 10.1 Å². The van der Waals surface area contributed by atoms with Crippen molar-refractivity contribution in [2.75, 3.05) is 41.5 Å². The normalized spacial score (nSPS) is 16.9. The molecule has 1 heterocycles. The number of rotatable bonds is 7. The van der Waals surface area contributed by atoms with Crippen LogP contribution in [0.15, 0.2) is 42.5 Å². The largest absolute Gasteiger partial charge is 0.573 e. The predicted molar refractivity (Wildman–Crippen MR) is 164 cm³/mol. The second-order valence-electron chi connectivity index (χ2n) is 10.8. The number of benzene rings is 2. The Hall–Kier alpha value is -2.66. The molecule has 244 valence electrons. The first kappa shape index (κ1) is 38.4. The molecule has 0 bridgehead atoms. The molecular weight excluding hydrogens is 561 g/mol. The minimum atomic E-state index is -4.61. The fourth-order valence-corrected chi connectivity index (χ4v) is 4.90. The van der Waals surface area contributed by atoms with Gasteiger partial charge in [-0.3, -0.25) is 9.69 Å². The van der Waals surface area contributed by atoms with Crippen molar-refractivity contribution in [1.29, 1.82) is 0 Å². The number of nitrogens with one attached hydrogen (secondary N) is 1. The van der Waals surface area contributed by atoms with E-state index in [2.05, 4.69) is 42.6 Å². The van der Waals surface area contributed by atoms with Crippen molar-refractivity contribution >= 4 is 5.91 Å². The number of piperidine rings is 1. The Kier molecular flexibility index (Phi) is 18.8. The smallest absolute Gasteiger partial charge is 0.406 e. The van der Waals surface area contributed by atoms with Crippen molar-refractivity contribution in [2.24, 2.45) is 0 Å². The lowest BCUT2D eigenvalue weighted by atomic mass is 9.86. The molecule has 1 saturated heterocycles. The molecule has 0 aromatic heterocycles. The Bertz CT molecular complexity index is 1040. The number of aliphatic hydroxyl groups excluding tert-OH is 1. The van der Waals surface area contributed by atoms with Gasteiger partial charge < -0.3 is 24.6 Å². The van der Waals surface area contributed by atoms with Gasteiger partial charge in [-0.2, -0.15) is 0 Å². The van der Waals surface area contributed by atoms with E-state index in [4.69, 9.17) is 0 Å². The molecule has 1 aliphatic carbocycles. The molecule has 2 unspecified atom stereocenters. The Labute approximate surface area is 255 Å². The maximum Gasteiger partial charge on any atom is 0.573 e. The second-order valence-corrected chi connectivity index (χ2v) is 10.8.